The fourth-order valence-corrected chi connectivity index (χ4v) is 4.75. The molecule has 0 radical (unpaired) electrons. The number of rotatable bonds is 8. The van der Waals surface area contributed by atoms with Crippen molar-refractivity contribution in [3.05, 3.63) is 100 Å². The molecule has 3 aromatic carbocycles. The third-order valence-corrected chi connectivity index (χ3v) is 7.01. The molecule has 9 nitrogen and oxygen atoms in total. The Bertz CT molecular complexity index is 1670. The summed E-state index contributed by atoms with van der Waals surface area (Å²) >= 11 is 3.54. The zero-order chi connectivity index (χ0) is 26.8. The van der Waals surface area contributed by atoms with Gasteiger partial charge in [0.2, 0.25) is 12.7 Å². The lowest BCUT2D eigenvalue weighted by Crippen LogP contribution is -2.24. The molecule has 4 N–H and O–H groups in total. The molecule has 6 rings (SSSR count). The zero-order valence-corrected chi connectivity index (χ0v) is 22.4. The maximum Gasteiger partial charge on any atom is 0.231 e. The number of hydrogen-bond acceptors (Lipinski definition) is 7. The van der Waals surface area contributed by atoms with Crippen molar-refractivity contribution in [2.75, 3.05) is 17.8 Å². The lowest BCUT2D eigenvalue weighted by Gasteiger charge is -2.12. The van der Waals surface area contributed by atoms with Gasteiger partial charge in [0.05, 0.1) is 22.8 Å². The summed E-state index contributed by atoms with van der Waals surface area (Å²) in [6.07, 6.45) is 2.00. The van der Waals surface area contributed by atoms with Crippen molar-refractivity contribution in [1.82, 2.24) is 19.9 Å². The summed E-state index contributed by atoms with van der Waals surface area (Å²) in [6.45, 7) is 1.25. The van der Waals surface area contributed by atoms with Crippen LogP contribution in [-0.4, -0.2) is 27.3 Å². The number of fused-ring (bicyclic) bond motifs is 2. The molecule has 0 saturated carbocycles. The van der Waals surface area contributed by atoms with Gasteiger partial charge in [0.1, 0.15) is 5.82 Å². The molecular formula is C29H25BrN6O3. The number of hydrogen-bond donors (Lipinski definition) is 3. The Labute approximate surface area is 233 Å². The van der Waals surface area contributed by atoms with E-state index in [0.717, 1.165) is 38.2 Å². The maximum atomic E-state index is 12.5. The molecule has 0 saturated heterocycles. The standard InChI is InChI=1S/C29H25BrN6O3/c30-22-16-34-36-27(13-24(35-29(22)36)21-3-1-2-4-23(21)31)32-14-18-5-7-19(8-6-18)15-33-28(37)12-20-9-10-25-26(11-20)39-17-38-25/h1-11,13,16,32H,12,14-15,17,31H2,(H,33,37). The van der Waals surface area contributed by atoms with E-state index < -0.39 is 0 Å². The van der Waals surface area contributed by atoms with Crippen LogP contribution in [0.25, 0.3) is 16.9 Å². The number of aromatic nitrogens is 3. The Morgan fingerprint density at radius 2 is 1.69 bits per heavy atom. The summed E-state index contributed by atoms with van der Waals surface area (Å²) in [6, 6.07) is 23.3. The fourth-order valence-electron chi connectivity index (χ4n) is 4.40. The number of amides is 1. The van der Waals surface area contributed by atoms with Crippen LogP contribution < -0.4 is 25.8 Å². The molecule has 0 fully saturated rings. The van der Waals surface area contributed by atoms with Crippen molar-refractivity contribution in [2.24, 2.45) is 0 Å². The Balaban J connectivity index is 1.09. The summed E-state index contributed by atoms with van der Waals surface area (Å²) in [5.74, 6) is 2.13. The monoisotopic (exact) mass is 584 g/mol. The van der Waals surface area contributed by atoms with E-state index in [4.69, 9.17) is 20.2 Å². The Morgan fingerprint density at radius 3 is 2.51 bits per heavy atom. The van der Waals surface area contributed by atoms with E-state index in [1.165, 1.54) is 0 Å². The first-order valence-corrected chi connectivity index (χ1v) is 13.2. The second-order valence-electron chi connectivity index (χ2n) is 9.15. The number of nitrogens with zero attached hydrogens (tertiary/aromatic N) is 3. The van der Waals surface area contributed by atoms with Crippen molar-refractivity contribution in [3.8, 4) is 22.8 Å². The van der Waals surface area contributed by atoms with E-state index >= 15 is 0 Å². The SMILES string of the molecule is Nc1ccccc1-c1cc(NCc2ccc(CNC(=O)Cc3ccc4c(c3)OCO4)cc2)n2ncc(Br)c2n1. The van der Waals surface area contributed by atoms with E-state index in [-0.39, 0.29) is 19.1 Å². The second-order valence-corrected chi connectivity index (χ2v) is 10.0. The summed E-state index contributed by atoms with van der Waals surface area (Å²) in [4.78, 5) is 17.2. The van der Waals surface area contributed by atoms with Gasteiger partial charge in [0.15, 0.2) is 17.1 Å². The summed E-state index contributed by atoms with van der Waals surface area (Å²) in [7, 11) is 0. The molecule has 0 aliphatic carbocycles. The molecule has 1 amide bonds. The van der Waals surface area contributed by atoms with Gasteiger partial charge in [-0.15, -0.1) is 0 Å². The minimum atomic E-state index is -0.0541. The lowest BCUT2D eigenvalue weighted by atomic mass is 10.1. The van der Waals surface area contributed by atoms with Crippen molar-refractivity contribution < 1.29 is 14.3 Å². The average molecular weight is 585 g/mol. The van der Waals surface area contributed by atoms with E-state index in [2.05, 4.69) is 31.7 Å². The molecule has 196 valence electrons. The van der Waals surface area contributed by atoms with Crippen molar-refractivity contribution in [2.45, 2.75) is 19.5 Å². The van der Waals surface area contributed by atoms with E-state index in [1.807, 2.05) is 72.8 Å². The predicted octanol–water partition coefficient (Wildman–Crippen LogP) is 4.94. The molecule has 0 bridgehead atoms. The van der Waals surface area contributed by atoms with E-state index in [9.17, 15) is 4.79 Å². The molecule has 1 aliphatic heterocycles. The smallest absolute Gasteiger partial charge is 0.231 e. The van der Waals surface area contributed by atoms with Crippen LogP contribution >= 0.6 is 15.9 Å². The highest BCUT2D eigenvalue weighted by atomic mass is 79.9. The number of anilines is 2. The number of halogens is 1. The Hall–Kier alpha value is -4.57. The maximum absolute atomic E-state index is 12.5. The van der Waals surface area contributed by atoms with Crippen LogP contribution in [0.1, 0.15) is 16.7 Å². The minimum Gasteiger partial charge on any atom is -0.454 e. The first kappa shape index (κ1) is 24.7. The Kier molecular flexibility index (Phi) is 6.76. The predicted molar refractivity (Wildman–Crippen MR) is 152 cm³/mol. The first-order valence-electron chi connectivity index (χ1n) is 12.4. The minimum absolute atomic E-state index is 0.0541. The zero-order valence-electron chi connectivity index (χ0n) is 20.9. The highest BCUT2D eigenvalue weighted by molar-refractivity contribution is 9.10. The van der Waals surface area contributed by atoms with Crippen molar-refractivity contribution in [1.29, 1.82) is 0 Å². The molecule has 0 spiro atoms. The molecule has 10 heteroatoms. The number of carbonyl (C=O) groups is 1. The molecule has 3 heterocycles. The van der Waals surface area contributed by atoms with Crippen LogP contribution in [0.5, 0.6) is 11.5 Å². The van der Waals surface area contributed by atoms with Crippen LogP contribution in [0.4, 0.5) is 11.5 Å². The fraction of sp³-hybridized carbons (Fsp3) is 0.138. The van der Waals surface area contributed by atoms with Crippen LogP contribution in [0, 0.1) is 0 Å². The quantitative estimate of drug-likeness (QED) is 0.221. The number of nitrogens with two attached hydrogens (primary N) is 1. The number of para-hydroxylation sites is 1. The van der Waals surface area contributed by atoms with Gasteiger partial charge >= 0.3 is 0 Å². The topological polar surface area (TPSA) is 116 Å². The van der Waals surface area contributed by atoms with Crippen LogP contribution in [-0.2, 0) is 24.3 Å². The lowest BCUT2D eigenvalue weighted by molar-refractivity contribution is -0.120. The van der Waals surface area contributed by atoms with Gasteiger partial charge in [-0.05, 0) is 50.8 Å². The number of benzene rings is 3. The molecule has 0 unspecified atom stereocenters. The summed E-state index contributed by atoms with van der Waals surface area (Å²) < 4.78 is 13.3. The third kappa shape index (κ3) is 5.37. The number of nitrogens with one attached hydrogen (secondary N) is 2. The number of carbonyl (C=O) groups excluding carboxylic acids is 1. The van der Waals surface area contributed by atoms with Gasteiger partial charge in [0, 0.05) is 30.4 Å². The van der Waals surface area contributed by atoms with Crippen molar-refractivity contribution >= 4 is 39.0 Å². The highest BCUT2D eigenvalue weighted by Gasteiger charge is 2.15. The molecular weight excluding hydrogens is 560 g/mol. The molecule has 2 aromatic heterocycles. The van der Waals surface area contributed by atoms with Gasteiger partial charge in [-0.1, -0.05) is 48.5 Å². The van der Waals surface area contributed by atoms with Crippen LogP contribution in [0.15, 0.2) is 83.5 Å². The average Bonchev–Trinajstić information content (AvgIpc) is 3.57. The van der Waals surface area contributed by atoms with Gasteiger partial charge in [-0.3, -0.25) is 4.79 Å². The second kappa shape index (κ2) is 10.7. The highest BCUT2D eigenvalue weighted by Crippen LogP contribution is 2.32. The van der Waals surface area contributed by atoms with E-state index in [0.29, 0.717) is 35.9 Å². The largest absolute Gasteiger partial charge is 0.454 e. The van der Waals surface area contributed by atoms with Gasteiger partial charge in [-0.25, -0.2) is 4.98 Å². The Morgan fingerprint density at radius 1 is 0.949 bits per heavy atom. The summed E-state index contributed by atoms with van der Waals surface area (Å²) in [5.41, 5.74) is 12.2. The molecule has 5 aromatic rings. The molecule has 39 heavy (non-hydrogen) atoms. The van der Waals surface area contributed by atoms with Crippen LogP contribution in [0.2, 0.25) is 0 Å². The summed E-state index contributed by atoms with van der Waals surface area (Å²) in [5, 5.41) is 10.9. The van der Waals surface area contributed by atoms with Gasteiger partial charge < -0.3 is 25.8 Å². The van der Waals surface area contributed by atoms with Gasteiger partial charge in [-0.2, -0.15) is 9.61 Å². The van der Waals surface area contributed by atoms with Crippen molar-refractivity contribution in [3.63, 3.8) is 0 Å². The first-order chi connectivity index (χ1) is 19.0. The third-order valence-electron chi connectivity index (χ3n) is 6.45. The number of ether oxygens (including phenoxy) is 2. The van der Waals surface area contributed by atoms with Gasteiger partial charge in [0.25, 0.3) is 0 Å². The normalized spacial score (nSPS) is 12.0. The van der Waals surface area contributed by atoms with Crippen LogP contribution in [0.3, 0.4) is 0 Å². The van der Waals surface area contributed by atoms with E-state index in [1.54, 1.807) is 10.7 Å². The number of nitrogen functional groups attached to an aromatic ring is 1. The molecule has 1 aliphatic rings. The molecule has 0 atom stereocenters.